The SMILES string of the molecule is Nc1scnc1-c1cc(F)ccc1Br. The summed E-state index contributed by atoms with van der Waals surface area (Å²) in [5.41, 5.74) is 8.66. The number of hydrogen-bond acceptors (Lipinski definition) is 3. The van der Waals surface area contributed by atoms with Crippen molar-refractivity contribution in [1.29, 1.82) is 0 Å². The van der Waals surface area contributed by atoms with E-state index in [0.29, 0.717) is 16.3 Å². The second-order valence-corrected chi connectivity index (χ2v) is 4.43. The number of benzene rings is 1. The number of nitrogens with two attached hydrogens (primary N) is 1. The van der Waals surface area contributed by atoms with E-state index in [-0.39, 0.29) is 5.82 Å². The van der Waals surface area contributed by atoms with Gasteiger partial charge in [-0.05, 0) is 18.2 Å². The molecule has 5 heteroatoms. The summed E-state index contributed by atoms with van der Waals surface area (Å²) in [4.78, 5) is 4.08. The maximum atomic E-state index is 13.0. The van der Waals surface area contributed by atoms with Crippen LogP contribution in [-0.4, -0.2) is 4.98 Å². The van der Waals surface area contributed by atoms with Gasteiger partial charge in [0, 0.05) is 10.0 Å². The second-order valence-electron chi connectivity index (χ2n) is 2.69. The third-order valence-corrected chi connectivity index (χ3v) is 3.13. The molecule has 0 unspecified atom stereocenters. The first-order chi connectivity index (χ1) is 6.68. The fraction of sp³-hybridized carbons (Fsp3) is 0. The highest BCUT2D eigenvalue weighted by atomic mass is 79.9. The molecule has 2 nitrogen and oxygen atoms in total. The van der Waals surface area contributed by atoms with Gasteiger partial charge in [-0.1, -0.05) is 15.9 Å². The van der Waals surface area contributed by atoms with Crippen LogP contribution in [0.25, 0.3) is 11.3 Å². The summed E-state index contributed by atoms with van der Waals surface area (Å²) >= 11 is 4.67. The Morgan fingerprint density at radius 2 is 2.21 bits per heavy atom. The standard InChI is InChI=1S/C9H6BrFN2S/c10-7-2-1-5(11)3-6(7)8-9(12)14-4-13-8/h1-4H,12H2. The van der Waals surface area contributed by atoms with E-state index in [4.69, 9.17) is 5.73 Å². The molecule has 1 aromatic heterocycles. The third kappa shape index (κ3) is 1.65. The number of nitrogens with zero attached hydrogens (tertiary/aromatic N) is 1. The number of aromatic nitrogens is 1. The van der Waals surface area contributed by atoms with Gasteiger partial charge in [-0.2, -0.15) is 0 Å². The van der Waals surface area contributed by atoms with Crippen LogP contribution < -0.4 is 5.73 Å². The van der Waals surface area contributed by atoms with Gasteiger partial charge in [0.2, 0.25) is 0 Å². The Hall–Kier alpha value is -0.940. The highest BCUT2D eigenvalue weighted by Crippen LogP contribution is 2.33. The lowest BCUT2D eigenvalue weighted by molar-refractivity contribution is 0.628. The summed E-state index contributed by atoms with van der Waals surface area (Å²) in [5.74, 6) is -0.296. The monoisotopic (exact) mass is 272 g/mol. The minimum atomic E-state index is -0.296. The van der Waals surface area contributed by atoms with Crippen molar-refractivity contribution in [3.05, 3.63) is 34.0 Å². The number of nitrogen functional groups attached to an aromatic ring is 1. The van der Waals surface area contributed by atoms with E-state index in [0.717, 1.165) is 4.47 Å². The summed E-state index contributed by atoms with van der Waals surface area (Å²) in [6.07, 6.45) is 0. The molecule has 0 atom stereocenters. The average Bonchev–Trinajstić information content (AvgIpc) is 2.56. The van der Waals surface area contributed by atoms with Crippen molar-refractivity contribution < 1.29 is 4.39 Å². The van der Waals surface area contributed by atoms with Crippen molar-refractivity contribution in [2.45, 2.75) is 0 Å². The van der Waals surface area contributed by atoms with Crippen LogP contribution in [0.2, 0.25) is 0 Å². The van der Waals surface area contributed by atoms with E-state index >= 15 is 0 Å². The van der Waals surface area contributed by atoms with Crippen molar-refractivity contribution in [2.75, 3.05) is 5.73 Å². The Labute approximate surface area is 92.7 Å². The fourth-order valence-corrected chi connectivity index (χ4v) is 2.12. The Bertz CT molecular complexity index is 470. The molecule has 2 rings (SSSR count). The van der Waals surface area contributed by atoms with Gasteiger partial charge >= 0.3 is 0 Å². The van der Waals surface area contributed by atoms with E-state index in [9.17, 15) is 4.39 Å². The first kappa shape index (κ1) is 9.61. The smallest absolute Gasteiger partial charge is 0.123 e. The van der Waals surface area contributed by atoms with Gasteiger partial charge in [0.1, 0.15) is 16.5 Å². The molecule has 2 aromatic rings. The van der Waals surface area contributed by atoms with Gasteiger partial charge in [-0.3, -0.25) is 0 Å². The lowest BCUT2D eigenvalue weighted by atomic mass is 10.1. The number of rotatable bonds is 1. The molecule has 0 saturated heterocycles. The van der Waals surface area contributed by atoms with E-state index in [1.807, 2.05) is 0 Å². The largest absolute Gasteiger partial charge is 0.389 e. The molecule has 14 heavy (non-hydrogen) atoms. The van der Waals surface area contributed by atoms with Crippen molar-refractivity contribution in [3.63, 3.8) is 0 Å². The molecule has 0 aliphatic heterocycles. The normalized spacial score (nSPS) is 10.4. The zero-order valence-corrected chi connectivity index (χ0v) is 9.40. The van der Waals surface area contributed by atoms with Gasteiger partial charge in [-0.15, -0.1) is 11.3 Å². The minimum Gasteiger partial charge on any atom is -0.389 e. The lowest BCUT2D eigenvalue weighted by Crippen LogP contribution is -1.88. The molecule has 0 fully saturated rings. The van der Waals surface area contributed by atoms with Gasteiger partial charge in [0.25, 0.3) is 0 Å². The number of thiazole rings is 1. The molecule has 1 heterocycles. The maximum absolute atomic E-state index is 13.0. The van der Waals surface area contributed by atoms with Crippen molar-refractivity contribution in [2.24, 2.45) is 0 Å². The molecule has 0 amide bonds. The molecular formula is C9H6BrFN2S. The Morgan fingerprint density at radius 3 is 2.86 bits per heavy atom. The predicted molar refractivity (Wildman–Crippen MR) is 59.6 cm³/mol. The van der Waals surface area contributed by atoms with Crippen molar-refractivity contribution in [3.8, 4) is 11.3 Å². The van der Waals surface area contributed by atoms with Crippen LogP contribution in [0.1, 0.15) is 0 Å². The van der Waals surface area contributed by atoms with Gasteiger partial charge < -0.3 is 5.73 Å². The lowest BCUT2D eigenvalue weighted by Gasteiger charge is -2.01. The molecule has 1 aromatic carbocycles. The highest BCUT2D eigenvalue weighted by Gasteiger charge is 2.10. The van der Waals surface area contributed by atoms with Crippen LogP contribution in [0.4, 0.5) is 9.39 Å². The number of halogens is 2. The molecular weight excluding hydrogens is 267 g/mol. The molecule has 0 bridgehead atoms. The van der Waals surface area contributed by atoms with Gasteiger partial charge in [0.15, 0.2) is 0 Å². The summed E-state index contributed by atoms with van der Waals surface area (Å²) in [7, 11) is 0. The number of anilines is 1. The topological polar surface area (TPSA) is 38.9 Å². The van der Waals surface area contributed by atoms with Crippen molar-refractivity contribution >= 4 is 32.3 Å². The van der Waals surface area contributed by atoms with Crippen molar-refractivity contribution in [1.82, 2.24) is 4.98 Å². The van der Waals surface area contributed by atoms with Gasteiger partial charge in [-0.25, -0.2) is 9.37 Å². The summed E-state index contributed by atoms with van der Waals surface area (Å²) in [6.45, 7) is 0. The molecule has 0 aliphatic carbocycles. The number of hydrogen-bond donors (Lipinski definition) is 1. The van der Waals surface area contributed by atoms with Gasteiger partial charge in [0.05, 0.1) is 5.51 Å². The van der Waals surface area contributed by atoms with Crippen LogP contribution in [-0.2, 0) is 0 Å². The Balaban J connectivity index is 2.62. The summed E-state index contributed by atoms with van der Waals surface area (Å²) < 4.78 is 13.8. The zero-order chi connectivity index (χ0) is 10.1. The molecule has 0 saturated carbocycles. The van der Waals surface area contributed by atoms with Crippen LogP contribution in [0.3, 0.4) is 0 Å². The van der Waals surface area contributed by atoms with Crippen LogP contribution in [0, 0.1) is 5.82 Å². The third-order valence-electron chi connectivity index (χ3n) is 1.78. The zero-order valence-electron chi connectivity index (χ0n) is 7.00. The van der Waals surface area contributed by atoms with Crippen LogP contribution >= 0.6 is 27.3 Å². The molecule has 0 spiro atoms. The highest BCUT2D eigenvalue weighted by molar-refractivity contribution is 9.10. The minimum absolute atomic E-state index is 0.296. The molecule has 0 radical (unpaired) electrons. The summed E-state index contributed by atoms with van der Waals surface area (Å²) in [6, 6.07) is 4.44. The first-order valence-electron chi connectivity index (χ1n) is 3.83. The first-order valence-corrected chi connectivity index (χ1v) is 5.50. The molecule has 0 aliphatic rings. The maximum Gasteiger partial charge on any atom is 0.123 e. The molecule has 72 valence electrons. The fourth-order valence-electron chi connectivity index (χ4n) is 1.14. The van der Waals surface area contributed by atoms with E-state index in [1.54, 1.807) is 11.6 Å². The average molecular weight is 273 g/mol. The van der Waals surface area contributed by atoms with Crippen LogP contribution in [0.5, 0.6) is 0 Å². The van der Waals surface area contributed by atoms with E-state index in [2.05, 4.69) is 20.9 Å². The van der Waals surface area contributed by atoms with E-state index < -0.39 is 0 Å². The second kappa shape index (κ2) is 3.67. The van der Waals surface area contributed by atoms with E-state index in [1.165, 1.54) is 23.5 Å². The Morgan fingerprint density at radius 1 is 1.43 bits per heavy atom. The Kier molecular flexibility index (Phi) is 2.52. The predicted octanol–water partition coefficient (Wildman–Crippen LogP) is 3.29. The molecule has 2 N–H and O–H groups in total. The van der Waals surface area contributed by atoms with Crippen LogP contribution in [0.15, 0.2) is 28.2 Å². The summed E-state index contributed by atoms with van der Waals surface area (Å²) in [5, 5.41) is 0.594. The quantitative estimate of drug-likeness (QED) is 0.865.